The van der Waals surface area contributed by atoms with Gasteiger partial charge < -0.3 is 14.5 Å². The van der Waals surface area contributed by atoms with Crippen molar-refractivity contribution in [2.45, 2.75) is 13.3 Å². The number of ether oxygens (including phenoxy) is 1. The van der Waals surface area contributed by atoms with Gasteiger partial charge in [-0.1, -0.05) is 18.2 Å². The second-order valence-electron chi connectivity index (χ2n) is 6.26. The molecule has 2 aromatic carbocycles. The predicted octanol–water partition coefficient (Wildman–Crippen LogP) is 3.07. The minimum atomic E-state index is 0.00191. The Kier molecular flexibility index (Phi) is 5.89. The summed E-state index contributed by atoms with van der Waals surface area (Å²) in [4.78, 5) is 29.0. The fourth-order valence-corrected chi connectivity index (χ4v) is 3.13. The van der Waals surface area contributed by atoms with Crippen LogP contribution in [0, 0.1) is 0 Å². The van der Waals surface area contributed by atoms with E-state index in [1.807, 2.05) is 59.2 Å². The van der Waals surface area contributed by atoms with Gasteiger partial charge >= 0.3 is 0 Å². The Morgan fingerprint density at radius 1 is 0.808 bits per heavy atom. The van der Waals surface area contributed by atoms with E-state index in [-0.39, 0.29) is 11.8 Å². The van der Waals surface area contributed by atoms with Gasteiger partial charge in [-0.15, -0.1) is 0 Å². The normalized spacial score (nSPS) is 14.7. The van der Waals surface area contributed by atoms with Crippen LogP contribution in [-0.2, 0) is 0 Å². The first-order valence-electron chi connectivity index (χ1n) is 9.05. The molecule has 0 bridgehead atoms. The fourth-order valence-electron chi connectivity index (χ4n) is 3.13. The van der Waals surface area contributed by atoms with Crippen LogP contribution in [-0.4, -0.2) is 54.4 Å². The molecule has 2 aromatic rings. The molecular formula is C21H24N2O3. The predicted molar refractivity (Wildman–Crippen MR) is 100 cm³/mol. The Morgan fingerprint density at radius 3 is 1.88 bits per heavy atom. The van der Waals surface area contributed by atoms with E-state index in [0.29, 0.717) is 43.9 Å². The van der Waals surface area contributed by atoms with Gasteiger partial charge in [-0.2, -0.15) is 0 Å². The number of hydrogen-bond acceptors (Lipinski definition) is 3. The Balaban J connectivity index is 1.62. The summed E-state index contributed by atoms with van der Waals surface area (Å²) in [5, 5.41) is 0. The summed E-state index contributed by atoms with van der Waals surface area (Å²) < 4.78 is 5.42. The van der Waals surface area contributed by atoms with Crippen LogP contribution in [0.1, 0.15) is 34.1 Å². The molecule has 1 aliphatic rings. The van der Waals surface area contributed by atoms with Crippen molar-refractivity contribution >= 4 is 11.8 Å². The highest BCUT2D eigenvalue weighted by Crippen LogP contribution is 2.16. The van der Waals surface area contributed by atoms with Gasteiger partial charge in [0.25, 0.3) is 11.8 Å². The molecule has 1 aliphatic heterocycles. The summed E-state index contributed by atoms with van der Waals surface area (Å²) in [5.41, 5.74) is 1.34. The van der Waals surface area contributed by atoms with Gasteiger partial charge in [0.05, 0.1) is 6.61 Å². The Labute approximate surface area is 154 Å². The lowest BCUT2D eigenvalue weighted by Crippen LogP contribution is -2.37. The number of amides is 2. The first-order valence-corrected chi connectivity index (χ1v) is 9.05. The SMILES string of the molecule is CCOc1ccc(C(=O)N2CCCN(C(=O)c3ccccc3)CC2)cc1. The van der Waals surface area contributed by atoms with Crippen molar-refractivity contribution in [2.75, 3.05) is 32.8 Å². The van der Waals surface area contributed by atoms with E-state index in [1.165, 1.54) is 0 Å². The molecule has 0 radical (unpaired) electrons. The molecule has 1 fully saturated rings. The van der Waals surface area contributed by atoms with Crippen LogP contribution in [0.25, 0.3) is 0 Å². The van der Waals surface area contributed by atoms with Crippen molar-refractivity contribution in [1.82, 2.24) is 9.80 Å². The Bertz CT molecular complexity index is 744. The van der Waals surface area contributed by atoms with Crippen LogP contribution in [0.2, 0.25) is 0 Å². The third kappa shape index (κ3) is 4.23. The quantitative estimate of drug-likeness (QED) is 0.850. The average molecular weight is 352 g/mol. The highest BCUT2D eigenvalue weighted by molar-refractivity contribution is 5.95. The zero-order chi connectivity index (χ0) is 18.4. The van der Waals surface area contributed by atoms with Crippen molar-refractivity contribution in [3.05, 3.63) is 65.7 Å². The van der Waals surface area contributed by atoms with Gasteiger partial charge in [-0.3, -0.25) is 9.59 Å². The van der Waals surface area contributed by atoms with Gasteiger partial charge in [0.2, 0.25) is 0 Å². The molecular weight excluding hydrogens is 328 g/mol. The molecule has 1 heterocycles. The summed E-state index contributed by atoms with van der Waals surface area (Å²) in [5.74, 6) is 0.794. The summed E-state index contributed by atoms with van der Waals surface area (Å²) in [6.45, 7) is 4.95. The third-order valence-electron chi connectivity index (χ3n) is 4.50. The average Bonchev–Trinajstić information content (AvgIpc) is 2.95. The molecule has 5 nitrogen and oxygen atoms in total. The molecule has 0 unspecified atom stereocenters. The second kappa shape index (κ2) is 8.52. The molecule has 26 heavy (non-hydrogen) atoms. The maximum absolute atomic E-state index is 12.7. The van der Waals surface area contributed by atoms with E-state index in [0.717, 1.165) is 12.2 Å². The summed E-state index contributed by atoms with van der Waals surface area (Å²) in [7, 11) is 0. The van der Waals surface area contributed by atoms with E-state index in [2.05, 4.69) is 0 Å². The second-order valence-corrected chi connectivity index (χ2v) is 6.26. The summed E-state index contributed by atoms with van der Waals surface area (Å²) >= 11 is 0. The molecule has 0 aliphatic carbocycles. The third-order valence-corrected chi connectivity index (χ3v) is 4.50. The number of hydrogen-bond donors (Lipinski definition) is 0. The maximum atomic E-state index is 12.7. The minimum absolute atomic E-state index is 0.00191. The zero-order valence-electron chi connectivity index (χ0n) is 15.1. The molecule has 3 rings (SSSR count). The standard InChI is InChI=1S/C21H24N2O3/c1-2-26-19-11-9-18(10-12-19)21(25)23-14-6-13-22(15-16-23)20(24)17-7-4-3-5-8-17/h3-5,7-12H,2,6,13-16H2,1H3. The fraction of sp³-hybridized carbons (Fsp3) is 0.333. The lowest BCUT2D eigenvalue weighted by atomic mass is 10.2. The van der Waals surface area contributed by atoms with Gasteiger partial charge in [0.15, 0.2) is 0 Å². The van der Waals surface area contributed by atoms with Crippen LogP contribution in [0.15, 0.2) is 54.6 Å². The van der Waals surface area contributed by atoms with Crippen molar-refractivity contribution in [3.63, 3.8) is 0 Å². The molecule has 0 saturated carbocycles. The highest BCUT2D eigenvalue weighted by atomic mass is 16.5. The van der Waals surface area contributed by atoms with Crippen LogP contribution in [0.3, 0.4) is 0 Å². The van der Waals surface area contributed by atoms with Crippen molar-refractivity contribution < 1.29 is 14.3 Å². The van der Waals surface area contributed by atoms with Crippen LogP contribution in [0.4, 0.5) is 0 Å². The first-order chi connectivity index (χ1) is 12.7. The number of nitrogens with zero attached hydrogens (tertiary/aromatic N) is 2. The maximum Gasteiger partial charge on any atom is 0.253 e. The minimum Gasteiger partial charge on any atom is -0.494 e. The topological polar surface area (TPSA) is 49.9 Å². The Morgan fingerprint density at radius 2 is 1.35 bits per heavy atom. The zero-order valence-corrected chi connectivity index (χ0v) is 15.1. The Hall–Kier alpha value is -2.82. The smallest absolute Gasteiger partial charge is 0.253 e. The van der Waals surface area contributed by atoms with E-state index in [9.17, 15) is 9.59 Å². The van der Waals surface area contributed by atoms with Gasteiger partial charge in [-0.05, 0) is 49.7 Å². The summed E-state index contributed by atoms with van der Waals surface area (Å²) in [6.07, 6.45) is 0.779. The molecule has 1 saturated heterocycles. The molecule has 2 amide bonds. The number of carbonyl (C=O) groups is 2. The lowest BCUT2D eigenvalue weighted by molar-refractivity contribution is 0.0718. The largest absolute Gasteiger partial charge is 0.494 e. The molecule has 0 aromatic heterocycles. The number of benzene rings is 2. The first kappa shape index (κ1) is 18.0. The van der Waals surface area contributed by atoms with Crippen LogP contribution < -0.4 is 4.74 Å². The van der Waals surface area contributed by atoms with Gasteiger partial charge in [-0.25, -0.2) is 0 Å². The summed E-state index contributed by atoms with van der Waals surface area (Å²) in [6, 6.07) is 16.5. The van der Waals surface area contributed by atoms with Crippen LogP contribution in [0.5, 0.6) is 5.75 Å². The lowest BCUT2D eigenvalue weighted by Gasteiger charge is -2.22. The van der Waals surface area contributed by atoms with E-state index >= 15 is 0 Å². The van der Waals surface area contributed by atoms with E-state index < -0.39 is 0 Å². The molecule has 0 N–H and O–H groups in total. The highest BCUT2D eigenvalue weighted by Gasteiger charge is 2.23. The van der Waals surface area contributed by atoms with Crippen molar-refractivity contribution in [1.29, 1.82) is 0 Å². The number of rotatable bonds is 4. The van der Waals surface area contributed by atoms with Gasteiger partial charge in [0, 0.05) is 37.3 Å². The monoisotopic (exact) mass is 352 g/mol. The van der Waals surface area contributed by atoms with E-state index in [4.69, 9.17) is 4.74 Å². The van der Waals surface area contributed by atoms with E-state index in [1.54, 1.807) is 12.1 Å². The molecule has 0 spiro atoms. The van der Waals surface area contributed by atoms with Crippen LogP contribution >= 0.6 is 0 Å². The molecule has 5 heteroatoms. The number of carbonyl (C=O) groups excluding carboxylic acids is 2. The van der Waals surface area contributed by atoms with Crippen molar-refractivity contribution in [2.24, 2.45) is 0 Å². The van der Waals surface area contributed by atoms with Crippen molar-refractivity contribution in [3.8, 4) is 5.75 Å². The molecule has 0 atom stereocenters. The van der Waals surface area contributed by atoms with Gasteiger partial charge in [0.1, 0.15) is 5.75 Å². The molecule has 136 valence electrons.